The maximum atomic E-state index is 13.9. The van der Waals surface area contributed by atoms with Crippen LogP contribution in [0.2, 0.25) is 5.02 Å². The number of hydrogen-bond donors (Lipinski definition) is 3. The molecule has 17 heteroatoms. The third-order valence-electron chi connectivity index (χ3n) is 12.9. The van der Waals surface area contributed by atoms with Gasteiger partial charge in [-0.05, 0) is 142 Å². The van der Waals surface area contributed by atoms with Crippen molar-refractivity contribution >= 4 is 63.1 Å². The first-order valence-corrected chi connectivity index (χ1v) is 23.3. The first kappa shape index (κ1) is 46.2. The Balaban J connectivity index is 0.957. The number of halogens is 4. The molecule has 0 atom stereocenters. The maximum Gasteiger partial charge on any atom is 0.416 e. The van der Waals surface area contributed by atoms with Crippen LogP contribution in [0.3, 0.4) is 0 Å². The standard InChI is InChI=1S/C48H54ClF3N8O4S/c1-47(2)15-10-33(40(28-47)38-7-4-34(25-41(38)49)48(50,51)52)30-58-20-22-59(23-21-58)35-5-8-39(44(26-35)64-36-24-32-12-17-54-45(32)55-29-36)46(61)56-65-37-6-9-42(43(27-37)60(62)63)53-16-11-31-13-18-57(3)19-14-31/h4-9,12,17,24-27,29,31,53H,10-11,13-16,18-23,28,30H2,1-3H3,(H,54,55)(H,56,61). The molecule has 4 heterocycles. The van der Waals surface area contributed by atoms with Gasteiger partial charge in [0.05, 0.1) is 22.2 Å². The minimum atomic E-state index is -4.47. The number of alkyl halides is 3. The van der Waals surface area contributed by atoms with Crippen molar-refractivity contribution in [2.24, 2.45) is 11.3 Å². The van der Waals surface area contributed by atoms with E-state index >= 15 is 0 Å². The lowest BCUT2D eigenvalue weighted by Gasteiger charge is -2.39. The molecule has 3 aliphatic rings. The van der Waals surface area contributed by atoms with Crippen LogP contribution in [-0.2, 0) is 6.18 Å². The van der Waals surface area contributed by atoms with E-state index in [-0.39, 0.29) is 21.7 Å². The van der Waals surface area contributed by atoms with Crippen LogP contribution in [-0.4, -0.2) is 90.0 Å². The number of ether oxygens (including phenoxy) is 1. The van der Waals surface area contributed by atoms with Gasteiger partial charge in [-0.25, -0.2) is 4.98 Å². The Morgan fingerprint density at radius 2 is 1.82 bits per heavy atom. The second-order valence-electron chi connectivity index (χ2n) is 18.2. The highest BCUT2D eigenvalue weighted by molar-refractivity contribution is 7.98. The molecule has 12 nitrogen and oxygen atoms in total. The molecule has 0 spiro atoms. The molecule has 2 fully saturated rings. The number of nitro benzene ring substituents is 1. The van der Waals surface area contributed by atoms with Gasteiger partial charge in [-0.1, -0.05) is 37.1 Å². The van der Waals surface area contributed by atoms with Crippen molar-refractivity contribution in [2.75, 3.05) is 69.6 Å². The number of likely N-dealkylation sites (tertiary alicyclic amines) is 1. The van der Waals surface area contributed by atoms with Crippen LogP contribution in [0.15, 0.2) is 89.6 Å². The second kappa shape index (κ2) is 19.7. The molecule has 3 N–H and O–H groups in total. The van der Waals surface area contributed by atoms with E-state index in [9.17, 15) is 28.1 Å². The number of nitrogens with zero attached hydrogens (tertiary/aromatic N) is 5. The van der Waals surface area contributed by atoms with Gasteiger partial charge in [0.25, 0.3) is 11.6 Å². The number of allylic oxidation sites excluding steroid dienone is 1. The number of piperidine rings is 1. The van der Waals surface area contributed by atoms with E-state index in [0.29, 0.717) is 65.4 Å². The van der Waals surface area contributed by atoms with E-state index < -0.39 is 22.6 Å². The highest BCUT2D eigenvalue weighted by Gasteiger charge is 2.34. The average Bonchev–Trinajstić information content (AvgIpc) is 3.75. The van der Waals surface area contributed by atoms with E-state index in [0.717, 1.165) is 105 Å². The highest BCUT2D eigenvalue weighted by atomic mass is 35.5. The van der Waals surface area contributed by atoms with Gasteiger partial charge in [0.15, 0.2) is 0 Å². The molecule has 1 aliphatic carbocycles. The summed E-state index contributed by atoms with van der Waals surface area (Å²) in [5.41, 5.74) is 4.37. The number of carbonyl (C=O) groups excluding carboxylic acids is 1. The predicted molar refractivity (Wildman–Crippen MR) is 252 cm³/mol. The number of H-pyrrole nitrogens is 1. The topological polar surface area (TPSA) is 132 Å². The minimum absolute atomic E-state index is 0.00979. The van der Waals surface area contributed by atoms with E-state index in [4.69, 9.17) is 16.3 Å². The van der Waals surface area contributed by atoms with E-state index in [2.05, 4.69) is 55.6 Å². The second-order valence-corrected chi connectivity index (χ2v) is 19.5. The Labute approximate surface area is 386 Å². The molecule has 3 aromatic carbocycles. The van der Waals surface area contributed by atoms with Crippen LogP contribution < -0.4 is 19.7 Å². The third kappa shape index (κ3) is 11.4. The number of fused-ring (bicyclic) bond motifs is 1. The summed E-state index contributed by atoms with van der Waals surface area (Å²) in [5, 5.41) is 16.3. The summed E-state index contributed by atoms with van der Waals surface area (Å²) in [4.78, 5) is 40.6. The fraction of sp³-hybridized carbons (Fsp3) is 0.417. The van der Waals surface area contributed by atoms with Crippen LogP contribution in [0.4, 0.5) is 30.2 Å². The summed E-state index contributed by atoms with van der Waals surface area (Å²) >= 11 is 7.55. The summed E-state index contributed by atoms with van der Waals surface area (Å²) in [6, 6.07) is 17.8. The predicted octanol–water partition coefficient (Wildman–Crippen LogP) is 11.3. The van der Waals surface area contributed by atoms with Crippen LogP contribution in [0.5, 0.6) is 11.5 Å². The Hall–Kier alpha value is -5.29. The van der Waals surface area contributed by atoms with Gasteiger partial charge in [0.2, 0.25) is 0 Å². The van der Waals surface area contributed by atoms with Crippen molar-refractivity contribution in [1.29, 1.82) is 0 Å². The molecular weight excluding hydrogens is 877 g/mol. The third-order valence-corrected chi connectivity index (χ3v) is 14.0. The molecule has 0 unspecified atom stereocenters. The Morgan fingerprint density at radius 3 is 2.55 bits per heavy atom. The quantitative estimate of drug-likeness (QED) is 0.0562. The largest absolute Gasteiger partial charge is 0.455 e. The Morgan fingerprint density at radius 1 is 1.03 bits per heavy atom. The minimum Gasteiger partial charge on any atom is -0.455 e. The summed E-state index contributed by atoms with van der Waals surface area (Å²) in [5.74, 6) is 0.924. The molecule has 0 saturated carbocycles. The number of pyridine rings is 1. The summed E-state index contributed by atoms with van der Waals surface area (Å²) in [7, 11) is 2.13. The number of benzene rings is 3. The van der Waals surface area contributed by atoms with Crippen molar-refractivity contribution in [3.63, 3.8) is 0 Å². The van der Waals surface area contributed by atoms with Crippen LogP contribution in [0, 0.1) is 21.4 Å². The number of nitrogens with one attached hydrogen (secondary N) is 3. The van der Waals surface area contributed by atoms with Crippen molar-refractivity contribution in [1.82, 2.24) is 24.5 Å². The molecule has 0 radical (unpaired) electrons. The van der Waals surface area contributed by atoms with Crippen molar-refractivity contribution in [2.45, 2.75) is 63.4 Å². The van der Waals surface area contributed by atoms with Gasteiger partial charge in [0, 0.05) is 78.6 Å². The number of aromatic nitrogens is 2. The molecule has 8 rings (SSSR count). The van der Waals surface area contributed by atoms with E-state index in [1.807, 2.05) is 24.3 Å². The van der Waals surface area contributed by atoms with Gasteiger partial charge in [-0.15, -0.1) is 0 Å². The fourth-order valence-corrected chi connectivity index (χ4v) is 9.96. The lowest BCUT2D eigenvalue weighted by Crippen LogP contribution is -2.47. The number of amides is 1. The molecule has 1 amide bonds. The maximum absolute atomic E-state index is 13.9. The van der Waals surface area contributed by atoms with E-state index in [1.165, 1.54) is 17.7 Å². The molecule has 2 saturated heterocycles. The number of carbonyl (C=O) groups is 1. The number of rotatable bonds is 14. The van der Waals surface area contributed by atoms with Gasteiger partial charge in [-0.3, -0.25) is 24.5 Å². The SMILES string of the molecule is CN1CCC(CCNc2ccc(SNC(=O)c3ccc(N4CCN(CC5=C(c6ccc(C(F)(F)F)cc6Cl)CC(C)(C)CC5)CC4)cc3Oc3cnc4[nH]ccc4c3)cc2[N+](=O)[O-])CC1. The molecular formula is C48H54ClF3N8O4S. The number of aromatic amines is 1. The van der Waals surface area contributed by atoms with Gasteiger partial charge >= 0.3 is 6.18 Å². The summed E-state index contributed by atoms with van der Waals surface area (Å²) in [6.07, 6.45) is 4.63. The van der Waals surface area contributed by atoms with Gasteiger partial charge in [0.1, 0.15) is 22.8 Å². The Kier molecular flexibility index (Phi) is 14.0. The Bertz CT molecular complexity index is 2570. The number of piperazine rings is 1. The molecule has 0 bridgehead atoms. The van der Waals surface area contributed by atoms with Crippen molar-refractivity contribution in [3.8, 4) is 11.5 Å². The fourth-order valence-electron chi connectivity index (χ4n) is 9.04. The molecule has 344 valence electrons. The first-order chi connectivity index (χ1) is 31.1. The zero-order valence-corrected chi connectivity index (χ0v) is 38.3. The number of anilines is 2. The molecule has 5 aromatic rings. The first-order valence-electron chi connectivity index (χ1n) is 22.1. The summed E-state index contributed by atoms with van der Waals surface area (Å²) in [6.45, 7) is 10.7. The average molecular weight is 932 g/mol. The normalized spacial score (nSPS) is 17.7. The van der Waals surface area contributed by atoms with E-state index in [1.54, 1.807) is 30.6 Å². The van der Waals surface area contributed by atoms with Gasteiger partial charge in [-0.2, -0.15) is 13.2 Å². The van der Waals surface area contributed by atoms with Crippen LogP contribution in [0.1, 0.15) is 73.9 Å². The number of hydrogen-bond acceptors (Lipinski definition) is 10. The summed E-state index contributed by atoms with van der Waals surface area (Å²) < 4.78 is 49.8. The van der Waals surface area contributed by atoms with Crippen molar-refractivity contribution in [3.05, 3.63) is 117 Å². The zero-order valence-electron chi connectivity index (χ0n) is 36.8. The van der Waals surface area contributed by atoms with Crippen molar-refractivity contribution < 1.29 is 27.6 Å². The lowest BCUT2D eigenvalue weighted by atomic mass is 9.72. The zero-order chi connectivity index (χ0) is 45.9. The van der Waals surface area contributed by atoms with Gasteiger partial charge < -0.3 is 24.8 Å². The van der Waals surface area contributed by atoms with Crippen LogP contribution >= 0.6 is 23.5 Å². The number of nitro groups is 1. The monoisotopic (exact) mass is 930 g/mol. The molecule has 65 heavy (non-hydrogen) atoms. The molecule has 2 aromatic heterocycles. The van der Waals surface area contributed by atoms with Crippen LogP contribution in [0.25, 0.3) is 16.6 Å². The molecule has 2 aliphatic heterocycles. The highest BCUT2D eigenvalue weighted by Crippen LogP contribution is 2.46. The lowest BCUT2D eigenvalue weighted by molar-refractivity contribution is -0.384. The smallest absolute Gasteiger partial charge is 0.416 e.